The summed E-state index contributed by atoms with van der Waals surface area (Å²) in [4.78, 5) is 22.2. The number of carbonyl (C=O) groups excluding carboxylic acids is 1. The van der Waals surface area contributed by atoms with Crippen LogP contribution >= 0.6 is 23.2 Å². The molecule has 2 aromatic rings. The lowest BCUT2D eigenvalue weighted by Crippen LogP contribution is -2.12. The summed E-state index contributed by atoms with van der Waals surface area (Å²) in [6.45, 7) is 1.84. The normalized spacial score (nSPS) is 10.2. The fraction of sp³-hybridized carbons (Fsp3) is 0.0714. The molecule has 7 heteroatoms. The van der Waals surface area contributed by atoms with E-state index < -0.39 is 10.8 Å². The summed E-state index contributed by atoms with van der Waals surface area (Å²) in [5.41, 5.74) is 1.22. The largest absolute Gasteiger partial charge is 0.322 e. The number of anilines is 1. The van der Waals surface area contributed by atoms with Gasteiger partial charge in [0, 0.05) is 22.3 Å². The molecule has 2 aromatic carbocycles. The van der Waals surface area contributed by atoms with Crippen molar-refractivity contribution in [2.45, 2.75) is 6.92 Å². The van der Waals surface area contributed by atoms with Gasteiger partial charge in [-0.15, -0.1) is 0 Å². The van der Waals surface area contributed by atoms with Crippen LogP contribution in [-0.4, -0.2) is 10.8 Å². The van der Waals surface area contributed by atoms with E-state index in [1.807, 2.05) is 6.92 Å². The number of amides is 1. The van der Waals surface area contributed by atoms with E-state index in [-0.39, 0.29) is 16.3 Å². The molecule has 2 rings (SSSR count). The van der Waals surface area contributed by atoms with E-state index in [9.17, 15) is 14.9 Å². The average Bonchev–Trinajstić information content (AvgIpc) is 2.43. The summed E-state index contributed by atoms with van der Waals surface area (Å²) in [5.74, 6) is -0.477. The molecule has 0 atom stereocenters. The highest BCUT2D eigenvalue weighted by atomic mass is 35.5. The van der Waals surface area contributed by atoms with Gasteiger partial charge in [-0.2, -0.15) is 0 Å². The minimum Gasteiger partial charge on any atom is -0.322 e. The molecule has 5 nitrogen and oxygen atoms in total. The van der Waals surface area contributed by atoms with Gasteiger partial charge in [0.2, 0.25) is 0 Å². The predicted molar refractivity (Wildman–Crippen MR) is 82.2 cm³/mol. The smallest absolute Gasteiger partial charge is 0.288 e. The van der Waals surface area contributed by atoms with Crippen molar-refractivity contribution in [2.24, 2.45) is 0 Å². The third kappa shape index (κ3) is 3.51. The summed E-state index contributed by atoms with van der Waals surface area (Å²) in [6.07, 6.45) is 0. The minimum absolute atomic E-state index is 0.0186. The van der Waals surface area contributed by atoms with Crippen molar-refractivity contribution >= 4 is 40.5 Å². The zero-order chi connectivity index (χ0) is 15.6. The number of carbonyl (C=O) groups is 1. The molecule has 0 spiro atoms. The van der Waals surface area contributed by atoms with Crippen LogP contribution in [0.4, 0.5) is 11.4 Å². The van der Waals surface area contributed by atoms with Gasteiger partial charge in [-0.05, 0) is 36.8 Å². The van der Waals surface area contributed by atoms with Gasteiger partial charge in [0.1, 0.15) is 5.02 Å². The average molecular weight is 325 g/mol. The zero-order valence-corrected chi connectivity index (χ0v) is 12.4. The molecule has 0 bridgehead atoms. The molecule has 108 valence electrons. The predicted octanol–water partition coefficient (Wildman–Crippen LogP) is 4.46. The molecule has 0 heterocycles. The Labute approximate surface area is 130 Å². The first-order valence-electron chi connectivity index (χ1n) is 5.90. The number of nitro groups is 1. The van der Waals surface area contributed by atoms with E-state index in [2.05, 4.69) is 5.32 Å². The lowest BCUT2D eigenvalue weighted by atomic mass is 10.1. The Kier molecular flexibility index (Phi) is 4.45. The topological polar surface area (TPSA) is 72.2 Å². The van der Waals surface area contributed by atoms with E-state index in [0.717, 1.165) is 11.6 Å². The monoisotopic (exact) mass is 324 g/mol. The van der Waals surface area contributed by atoms with Crippen molar-refractivity contribution < 1.29 is 9.72 Å². The summed E-state index contributed by atoms with van der Waals surface area (Å²) < 4.78 is 0. The van der Waals surface area contributed by atoms with Crippen molar-refractivity contribution in [3.05, 3.63) is 67.7 Å². The van der Waals surface area contributed by atoms with Crippen LogP contribution in [0.5, 0.6) is 0 Å². The van der Waals surface area contributed by atoms with Crippen LogP contribution in [0.25, 0.3) is 0 Å². The maximum atomic E-state index is 12.1. The number of hydrogen-bond acceptors (Lipinski definition) is 3. The highest BCUT2D eigenvalue weighted by Gasteiger charge is 2.16. The van der Waals surface area contributed by atoms with E-state index in [0.29, 0.717) is 10.7 Å². The SMILES string of the molecule is Cc1ccc(NC(=O)c2ccc(Cl)c([N+](=O)[O-])c2)cc1Cl. The lowest BCUT2D eigenvalue weighted by Gasteiger charge is -2.07. The molecule has 0 aliphatic rings. The van der Waals surface area contributed by atoms with Crippen molar-refractivity contribution in [1.82, 2.24) is 0 Å². The highest BCUT2D eigenvalue weighted by molar-refractivity contribution is 6.33. The van der Waals surface area contributed by atoms with Gasteiger partial charge in [-0.25, -0.2) is 0 Å². The number of hydrogen-bond donors (Lipinski definition) is 1. The third-order valence-corrected chi connectivity index (χ3v) is 3.56. The fourth-order valence-corrected chi connectivity index (χ4v) is 2.03. The maximum absolute atomic E-state index is 12.1. The fourth-order valence-electron chi connectivity index (χ4n) is 1.67. The van der Waals surface area contributed by atoms with Gasteiger partial charge in [-0.1, -0.05) is 29.3 Å². The summed E-state index contributed by atoms with van der Waals surface area (Å²) in [6, 6.07) is 8.94. The van der Waals surface area contributed by atoms with Crippen molar-refractivity contribution in [3.63, 3.8) is 0 Å². The zero-order valence-electron chi connectivity index (χ0n) is 10.9. The van der Waals surface area contributed by atoms with Crippen LogP contribution < -0.4 is 5.32 Å². The first-order chi connectivity index (χ1) is 9.88. The van der Waals surface area contributed by atoms with Crippen LogP contribution in [-0.2, 0) is 0 Å². The molecule has 0 aliphatic carbocycles. The summed E-state index contributed by atoms with van der Waals surface area (Å²) in [5, 5.41) is 13.9. The number of nitro benzene ring substituents is 1. The molecule has 0 radical (unpaired) electrons. The third-order valence-electron chi connectivity index (χ3n) is 2.83. The standard InChI is InChI=1S/C14H10Cl2N2O3/c1-8-2-4-10(7-12(8)16)17-14(19)9-3-5-11(15)13(6-9)18(20)21/h2-7H,1H3,(H,17,19). The number of aryl methyl sites for hydroxylation is 1. The van der Waals surface area contributed by atoms with Crippen molar-refractivity contribution in [3.8, 4) is 0 Å². The molecule has 21 heavy (non-hydrogen) atoms. The van der Waals surface area contributed by atoms with E-state index in [1.165, 1.54) is 12.1 Å². The molecule has 1 N–H and O–H groups in total. The van der Waals surface area contributed by atoms with E-state index in [1.54, 1.807) is 18.2 Å². The highest BCUT2D eigenvalue weighted by Crippen LogP contribution is 2.26. The lowest BCUT2D eigenvalue weighted by molar-refractivity contribution is -0.384. The minimum atomic E-state index is -0.637. The molecule has 0 saturated heterocycles. The number of rotatable bonds is 3. The van der Waals surface area contributed by atoms with Gasteiger partial charge in [-0.3, -0.25) is 14.9 Å². The van der Waals surface area contributed by atoms with Crippen LogP contribution in [0.1, 0.15) is 15.9 Å². The first-order valence-corrected chi connectivity index (χ1v) is 6.65. The molecular weight excluding hydrogens is 315 g/mol. The van der Waals surface area contributed by atoms with Crippen LogP contribution in [0.2, 0.25) is 10.0 Å². The number of nitrogens with zero attached hydrogens (tertiary/aromatic N) is 1. The second kappa shape index (κ2) is 6.11. The molecule has 0 aromatic heterocycles. The second-order valence-electron chi connectivity index (χ2n) is 4.34. The van der Waals surface area contributed by atoms with Gasteiger partial charge < -0.3 is 5.32 Å². The summed E-state index contributed by atoms with van der Waals surface area (Å²) in [7, 11) is 0. The van der Waals surface area contributed by atoms with E-state index in [4.69, 9.17) is 23.2 Å². The molecular formula is C14H10Cl2N2O3. The summed E-state index contributed by atoms with van der Waals surface area (Å²) >= 11 is 11.7. The van der Waals surface area contributed by atoms with Gasteiger partial charge in [0.05, 0.1) is 4.92 Å². The Morgan fingerprint density at radius 2 is 1.86 bits per heavy atom. The maximum Gasteiger partial charge on any atom is 0.288 e. The first kappa shape index (κ1) is 15.3. The van der Waals surface area contributed by atoms with Crippen molar-refractivity contribution in [2.75, 3.05) is 5.32 Å². The van der Waals surface area contributed by atoms with Crippen molar-refractivity contribution in [1.29, 1.82) is 0 Å². The number of nitrogens with one attached hydrogen (secondary N) is 1. The Balaban J connectivity index is 2.26. The van der Waals surface area contributed by atoms with Gasteiger partial charge in [0.25, 0.3) is 11.6 Å². The number of benzene rings is 2. The Morgan fingerprint density at radius 3 is 2.48 bits per heavy atom. The molecule has 0 unspecified atom stereocenters. The molecule has 0 fully saturated rings. The molecule has 0 aliphatic heterocycles. The Bertz CT molecular complexity index is 732. The quantitative estimate of drug-likeness (QED) is 0.669. The van der Waals surface area contributed by atoms with Crippen LogP contribution in [0, 0.1) is 17.0 Å². The molecule has 0 saturated carbocycles. The molecule has 1 amide bonds. The Hall–Kier alpha value is -2.11. The van der Waals surface area contributed by atoms with Crippen LogP contribution in [0.3, 0.4) is 0 Å². The van der Waals surface area contributed by atoms with E-state index >= 15 is 0 Å². The van der Waals surface area contributed by atoms with Gasteiger partial charge in [0.15, 0.2) is 0 Å². The Morgan fingerprint density at radius 1 is 1.14 bits per heavy atom. The second-order valence-corrected chi connectivity index (χ2v) is 5.16. The van der Waals surface area contributed by atoms with Crippen LogP contribution in [0.15, 0.2) is 36.4 Å². The van der Waals surface area contributed by atoms with Gasteiger partial charge >= 0.3 is 0 Å². The number of halogens is 2.